The number of carbonyl (C=O) groups excluding carboxylic acids is 2. The fourth-order valence-electron chi connectivity index (χ4n) is 6.37. The van der Waals surface area contributed by atoms with Crippen molar-refractivity contribution in [2.24, 2.45) is 0 Å². The van der Waals surface area contributed by atoms with E-state index in [-0.39, 0.29) is 50.0 Å². The number of aromatic nitrogens is 5. The van der Waals surface area contributed by atoms with Crippen LogP contribution in [0.5, 0.6) is 5.75 Å². The summed E-state index contributed by atoms with van der Waals surface area (Å²) in [5.41, 5.74) is 8.30. The Labute approximate surface area is 315 Å². The molecule has 54 heavy (non-hydrogen) atoms. The first-order chi connectivity index (χ1) is 25.9. The maximum absolute atomic E-state index is 13.5. The van der Waals surface area contributed by atoms with Gasteiger partial charge in [0.05, 0.1) is 36.2 Å². The normalized spacial score (nSPS) is 19.4. The van der Waals surface area contributed by atoms with Crippen molar-refractivity contribution in [1.29, 1.82) is 5.26 Å². The lowest BCUT2D eigenvalue weighted by atomic mass is 9.89. The van der Waals surface area contributed by atoms with Gasteiger partial charge < -0.3 is 40.0 Å². The summed E-state index contributed by atoms with van der Waals surface area (Å²) < 4.78 is 22.1. The Balaban J connectivity index is 1.02. The molecule has 2 amide bonds. The van der Waals surface area contributed by atoms with Gasteiger partial charge in [0.25, 0.3) is 0 Å². The minimum absolute atomic E-state index is 0.0314. The van der Waals surface area contributed by atoms with E-state index in [1.165, 1.54) is 20.7 Å². The highest BCUT2D eigenvalue weighted by molar-refractivity contribution is 7.97. The zero-order chi connectivity index (χ0) is 38.6. The number of hydrogen-bond donors (Lipinski definition) is 3. The number of nitriles is 1. The molecule has 3 unspecified atom stereocenters. The zero-order valence-corrected chi connectivity index (χ0v) is 30.9. The van der Waals surface area contributed by atoms with Crippen LogP contribution in [0.1, 0.15) is 31.7 Å². The average Bonchev–Trinajstić information content (AvgIpc) is 3.81. The predicted molar refractivity (Wildman–Crippen MR) is 196 cm³/mol. The number of aliphatic hydroxyl groups excluding tert-OH is 1. The maximum Gasteiger partial charge on any atom is 0.409 e. The van der Waals surface area contributed by atoms with Crippen LogP contribution >= 0.6 is 11.9 Å². The number of ether oxygens (including phenoxy) is 3. The highest BCUT2D eigenvalue weighted by Gasteiger charge is 2.45. The molecule has 5 heterocycles. The number of aliphatic hydroxyl groups is 1. The monoisotopic (exact) mass is 762 g/mol. The second-order valence-corrected chi connectivity index (χ2v) is 14.6. The van der Waals surface area contributed by atoms with Crippen LogP contribution in [-0.2, 0) is 26.4 Å². The van der Waals surface area contributed by atoms with Crippen LogP contribution < -0.4 is 10.5 Å². The molecule has 0 radical (unpaired) electrons. The molecule has 6 rings (SSSR count). The molecule has 0 spiro atoms. The largest absolute Gasteiger partial charge is 0.479 e. The first-order valence-corrected chi connectivity index (χ1v) is 18.2. The SMILES string of the molecule is CCSN1CC(CC#N)(n2cc(-c3ncnc4c3ccn4C(=O)N(C)CCN(C)C(=O)OCc3ccc(OC4CC(O)CC(C(=O)O)O4)c(N)c3)cn2)C1. The van der Waals surface area contributed by atoms with Crippen LogP contribution in [0, 0.1) is 11.3 Å². The summed E-state index contributed by atoms with van der Waals surface area (Å²) in [5, 5.41) is 34.0. The van der Waals surface area contributed by atoms with Gasteiger partial charge in [0.1, 0.15) is 24.2 Å². The molecule has 2 aliphatic rings. The Morgan fingerprint density at radius 2 is 1.94 bits per heavy atom. The number of carbonyl (C=O) groups is 3. The van der Waals surface area contributed by atoms with Gasteiger partial charge in [-0.15, -0.1) is 0 Å². The quantitative estimate of drug-likeness (QED) is 0.131. The second kappa shape index (κ2) is 16.3. The van der Waals surface area contributed by atoms with Gasteiger partial charge in [0.2, 0.25) is 6.29 Å². The number of likely N-dealkylation sites (N-methyl/N-ethyl adjacent to an activating group) is 2. The van der Waals surface area contributed by atoms with Crippen molar-refractivity contribution in [2.75, 3.05) is 51.8 Å². The maximum atomic E-state index is 13.5. The molecule has 2 aliphatic heterocycles. The van der Waals surface area contributed by atoms with Gasteiger partial charge in [-0.25, -0.2) is 28.7 Å². The van der Waals surface area contributed by atoms with E-state index >= 15 is 0 Å². The Hall–Kier alpha value is -5.42. The molecule has 2 fully saturated rings. The zero-order valence-electron chi connectivity index (χ0n) is 30.1. The van der Waals surface area contributed by atoms with Crippen LogP contribution in [0.15, 0.2) is 49.2 Å². The summed E-state index contributed by atoms with van der Waals surface area (Å²) in [4.78, 5) is 49.3. The fourth-order valence-corrected chi connectivity index (χ4v) is 7.40. The van der Waals surface area contributed by atoms with Crippen molar-refractivity contribution in [3.8, 4) is 23.1 Å². The lowest BCUT2D eigenvalue weighted by Crippen LogP contribution is -2.60. The third-order valence-corrected chi connectivity index (χ3v) is 10.2. The first kappa shape index (κ1) is 38.3. The number of hydrogen-bond acceptors (Lipinski definition) is 14. The van der Waals surface area contributed by atoms with Gasteiger partial charge in [0.15, 0.2) is 11.8 Å². The topological polar surface area (TPSA) is 227 Å². The molecule has 2 saturated heterocycles. The number of carboxylic acids is 1. The van der Waals surface area contributed by atoms with Crippen LogP contribution in [0.25, 0.3) is 22.3 Å². The summed E-state index contributed by atoms with van der Waals surface area (Å²) in [6.45, 7) is 3.81. The third-order valence-electron chi connectivity index (χ3n) is 9.34. The molecule has 4 aromatic rings. The summed E-state index contributed by atoms with van der Waals surface area (Å²) >= 11 is 1.74. The standard InChI is InChI=1S/C35H42N10O8S/c1-4-54-43-19-35(20-43,8-9-36)45-17-23(16-40-45)30-25-7-10-44(31(25)39-21-38-30)33(49)41(2)11-12-42(3)34(50)51-18-22-5-6-27(26(37)13-22)52-29-15-24(46)14-28(53-29)32(47)48/h5-7,10,13,16-17,21,24,28-29,46H,4,8,11-12,14-15,18-20,37H2,1-3H3,(H,47,48). The first-order valence-electron chi connectivity index (χ1n) is 17.3. The van der Waals surface area contributed by atoms with Crippen molar-refractivity contribution >= 4 is 46.8 Å². The minimum atomic E-state index is -1.19. The number of benzene rings is 1. The molecular formula is C35H42N10O8S. The van der Waals surface area contributed by atoms with E-state index in [0.29, 0.717) is 41.8 Å². The lowest BCUT2D eigenvalue weighted by Gasteiger charge is -2.48. The number of nitrogen functional groups attached to an aromatic ring is 1. The van der Waals surface area contributed by atoms with Crippen LogP contribution in [0.4, 0.5) is 15.3 Å². The number of nitrogens with zero attached hydrogens (tertiary/aromatic N) is 9. The number of aliphatic carboxylic acids is 1. The molecule has 3 aromatic heterocycles. The van der Waals surface area contributed by atoms with Crippen molar-refractivity contribution in [1.82, 2.24) is 38.4 Å². The van der Waals surface area contributed by atoms with Gasteiger partial charge in [-0.3, -0.25) is 9.25 Å². The predicted octanol–water partition coefficient (Wildman–Crippen LogP) is 2.97. The summed E-state index contributed by atoms with van der Waals surface area (Å²) in [7, 11) is 3.18. The van der Waals surface area contributed by atoms with Crippen LogP contribution in [-0.4, -0.2) is 131 Å². The van der Waals surface area contributed by atoms with Gasteiger partial charge >= 0.3 is 18.1 Å². The molecule has 286 valence electrons. The van der Waals surface area contributed by atoms with E-state index in [9.17, 15) is 29.9 Å². The molecule has 19 heteroatoms. The molecule has 0 saturated carbocycles. The second-order valence-electron chi connectivity index (χ2n) is 13.3. The fraction of sp³-hybridized carbons (Fsp3) is 0.457. The third kappa shape index (κ3) is 8.21. The molecule has 0 bridgehead atoms. The minimum Gasteiger partial charge on any atom is -0.479 e. The Kier molecular flexibility index (Phi) is 11.6. The Morgan fingerprint density at radius 1 is 1.17 bits per heavy atom. The van der Waals surface area contributed by atoms with Crippen LogP contribution in [0.3, 0.4) is 0 Å². The van der Waals surface area contributed by atoms with Crippen molar-refractivity contribution in [3.05, 3.63) is 54.7 Å². The molecule has 0 aliphatic carbocycles. The van der Waals surface area contributed by atoms with Gasteiger partial charge in [0, 0.05) is 82.2 Å². The highest BCUT2D eigenvalue weighted by Crippen LogP contribution is 2.37. The van der Waals surface area contributed by atoms with Crippen molar-refractivity contribution in [2.45, 2.75) is 56.8 Å². The smallest absolute Gasteiger partial charge is 0.409 e. The van der Waals surface area contributed by atoms with E-state index in [1.807, 2.05) is 10.9 Å². The Bertz CT molecular complexity index is 2040. The molecule has 4 N–H and O–H groups in total. The van der Waals surface area contributed by atoms with E-state index in [4.69, 9.17) is 19.9 Å². The van der Waals surface area contributed by atoms with Crippen molar-refractivity contribution in [3.63, 3.8) is 0 Å². The van der Waals surface area contributed by atoms with Crippen molar-refractivity contribution < 1.29 is 38.8 Å². The van der Waals surface area contributed by atoms with E-state index in [2.05, 4.69) is 32.4 Å². The molecule has 3 atom stereocenters. The van der Waals surface area contributed by atoms with E-state index in [1.54, 1.807) is 62.7 Å². The average molecular weight is 763 g/mol. The number of nitrogens with two attached hydrogens (primary N) is 1. The Morgan fingerprint density at radius 3 is 2.67 bits per heavy atom. The molecule has 1 aromatic carbocycles. The number of anilines is 1. The van der Waals surface area contributed by atoms with Gasteiger partial charge in [-0.05, 0) is 23.8 Å². The summed E-state index contributed by atoms with van der Waals surface area (Å²) in [6.07, 6.45) is 3.35. The lowest BCUT2D eigenvalue weighted by molar-refractivity contribution is -0.195. The molecule has 18 nitrogen and oxygen atoms in total. The number of amides is 2. The summed E-state index contributed by atoms with van der Waals surface area (Å²) in [5.74, 6) is 0.00181. The number of carboxylic acid groups (broad SMARTS) is 1. The van der Waals surface area contributed by atoms with E-state index < -0.39 is 36.1 Å². The highest BCUT2D eigenvalue weighted by atomic mass is 32.2. The number of fused-ring (bicyclic) bond motifs is 1. The number of rotatable bonds is 13. The summed E-state index contributed by atoms with van der Waals surface area (Å²) in [6, 6.07) is 8.48. The van der Waals surface area contributed by atoms with Gasteiger partial charge in [-0.2, -0.15) is 10.4 Å². The van der Waals surface area contributed by atoms with E-state index in [0.717, 1.165) is 11.3 Å². The molecular weight excluding hydrogens is 721 g/mol. The van der Waals surface area contributed by atoms with Crippen LogP contribution in [0.2, 0.25) is 0 Å². The van der Waals surface area contributed by atoms with Gasteiger partial charge in [-0.1, -0.05) is 24.9 Å².